The maximum absolute atomic E-state index is 12.4. The van der Waals surface area contributed by atoms with Crippen LogP contribution in [-0.2, 0) is 4.79 Å². The lowest BCUT2D eigenvalue weighted by atomic mass is 9.96. The molecule has 3 N–H and O–H groups in total. The lowest BCUT2D eigenvalue weighted by Gasteiger charge is -2.34. The third-order valence-corrected chi connectivity index (χ3v) is 5.49. The predicted molar refractivity (Wildman–Crippen MR) is 96.4 cm³/mol. The van der Waals surface area contributed by atoms with Gasteiger partial charge in [-0.25, -0.2) is 4.79 Å². The number of amides is 3. The quantitative estimate of drug-likeness (QED) is 0.718. The molecular formula is C17H31ClN4O2. The minimum atomic E-state index is -0.0262. The number of hydrogen-bond donors (Lipinski definition) is 3. The number of nitrogens with zero attached hydrogens (tertiary/aromatic N) is 1. The number of rotatable bonds is 3. The molecule has 6 nitrogen and oxygen atoms in total. The monoisotopic (exact) mass is 358 g/mol. The molecule has 138 valence electrons. The summed E-state index contributed by atoms with van der Waals surface area (Å²) in [5.74, 6) is 0.453. The summed E-state index contributed by atoms with van der Waals surface area (Å²) < 4.78 is 0. The molecule has 0 aromatic carbocycles. The van der Waals surface area contributed by atoms with Crippen molar-refractivity contribution in [3.8, 4) is 0 Å². The molecular weight excluding hydrogens is 328 g/mol. The lowest BCUT2D eigenvalue weighted by molar-refractivity contribution is -0.136. The number of halogens is 1. The summed E-state index contributed by atoms with van der Waals surface area (Å²) in [7, 11) is 0. The fourth-order valence-electron chi connectivity index (χ4n) is 4.03. The lowest BCUT2D eigenvalue weighted by Crippen LogP contribution is -2.51. The number of nitrogens with one attached hydrogen (secondary N) is 3. The summed E-state index contributed by atoms with van der Waals surface area (Å²) in [5.41, 5.74) is 0. The van der Waals surface area contributed by atoms with Crippen molar-refractivity contribution < 1.29 is 9.59 Å². The number of carbonyl (C=O) groups is 2. The van der Waals surface area contributed by atoms with E-state index < -0.39 is 0 Å². The first-order valence-corrected chi connectivity index (χ1v) is 9.29. The molecule has 0 aromatic heterocycles. The molecule has 1 aliphatic carbocycles. The highest BCUT2D eigenvalue weighted by Gasteiger charge is 2.30. The van der Waals surface area contributed by atoms with Gasteiger partial charge >= 0.3 is 6.03 Å². The van der Waals surface area contributed by atoms with Crippen molar-refractivity contribution in [2.24, 2.45) is 5.92 Å². The van der Waals surface area contributed by atoms with E-state index in [-0.39, 0.29) is 30.4 Å². The van der Waals surface area contributed by atoms with Gasteiger partial charge in [0.15, 0.2) is 0 Å². The Morgan fingerprint density at radius 1 is 0.875 bits per heavy atom. The van der Waals surface area contributed by atoms with Gasteiger partial charge in [0.1, 0.15) is 0 Å². The Labute approximate surface area is 150 Å². The topological polar surface area (TPSA) is 73.5 Å². The van der Waals surface area contributed by atoms with Crippen LogP contribution in [0.5, 0.6) is 0 Å². The van der Waals surface area contributed by atoms with Crippen LogP contribution in [0.3, 0.4) is 0 Å². The van der Waals surface area contributed by atoms with E-state index in [0.29, 0.717) is 11.9 Å². The molecule has 7 heteroatoms. The van der Waals surface area contributed by atoms with Crippen molar-refractivity contribution in [3.05, 3.63) is 0 Å². The number of piperidine rings is 1. The molecule has 0 spiro atoms. The highest BCUT2D eigenvalue weighted by molar-refractivity contribution is 5.85. The zero-order valence-corrected chi connectivity index (χ0v) is 15.2. The van der Waals surface area contributed by atoms with Crippen LogP contribution in [0.25, 0.3) is 0 Å². The summed E-state index contributed by atoms with van der Waals surface area (Å²) in [4.78, 5) is 26.5. The SMILES string of the molecule is Cl.O=C(NC1CCCCC1)NC1CCN(C(=O)C2CCNC2)CC1. The third kappa shape index (κ3) is 5.24. The van der Waals surface area contributed by atoms with Gasteiger partial charge in [0.2, 0.25) is 5.91 Å². The van der Waals surface area contributed by atoms with Crippen LogP contribution >= 0.6 is 12.4 Å². The van der Waals surface area contributed by atoms with E-state index in [1.807, 2.05) is 4.90 Å². The van der Waals surface area contributed by atoms with Gasteiger partial charge in [0.25, 0.3) is 0 Å². The second-order valence-electron chi connectivity index (χ2n) is 7.24. The second kappa shape index (κ2) is 9.47. The largest absolute Gasteiger partial charge is 0.342 e. The molecule has 1 unspecified atom stereocenters. The van der Waals surface area contributed by atoms with Gasteiger partial charge < -0.3 is 20.9 Å². The molecule has 3 fully saturated rings. The van der Waals surface area contributed by atoms with Crippen molar-refractivity contribution in [2.75, 3.05) is 26.2 Å². The van der Waals surface area contributed by atoms with Gasteiger partial charge in [-0.2, -0.15) is 0 Å². The van der Waals surface area contributed by atoms with Gasteiger partial charge in [-0.15, -0.1) is 12.4 Å². The smallest absolute Gasteiger partial charge is 0.315 e. The van der Waals surface area contributed by atoms with Gasteiger partial charge in [-0.05, 0) is 38.6 Å². The maximum atomic E-state index is 12.4. The fourth-order valence-corrected chi connectivity index (χ4v) is 4.03. The zero-order valence-electron chi connectivity index (χ0n) is 14.4. The van der Waals surface area contributed by atoms with Crippen molar-refractivity contribution in [1.29, 1.82) is 0 Å². The van der Waals surface area contributed by atoms with Crippen LogP contribution in [0.15, 0.2) is 0 Å². The van der Waals surface area contributed by atoms with Gasteiger partial charge in [-0.1, -0.05) is 19.3 Å². The Balaban J connectivity index is 0.00000208. The second-order valence-corrected chi connectivity index (χ2v) is 7.24. The Hall–Kier alpha value is -1.01. The van der Waals surface area contributed by atoms with Gasteiger partial charge in [0, 0.05) is 31.7 Å². The first-order valence-electron chi connectivity index (χ1n) is 9.29. The van der Waals surface area contributed by atoms with E-state index in [1.165, 1.54) is 19.3 Å². The van der Waals surface area contributed by atoms with E-state index in [9.17, 15) is 9.59 Å². The summed E-state index contributed by atoms with van der Waals surface area (Å²) in [6, 6.07) is 0.520. The van der Waals surface area contributed by atoms with E-state index in [4.69, 9.17) is 0 Å². The van der Waals surface area contributed by atoms with Gasteiger partial charge in [-0.3, -0.25) is 4.79 Å². The number of hydrogen-bond acceptors (Lipinski definition) is 3. The van der Waals surface area contributed by atoms with E-state index in [1.54, 1.807) is 0 Å². The average molecular weight is 359 g/mol. The Morgan fingerprint density at radius 2 is 1.50 bits per heavy atom. The molecule has 0 aromatic rings. The van der Waals surface area contributed by atoms with Crippen LogP contribution in [0.4, 0.5) is 4.79 Å². The molecule has 3 aliphatic rings. The van der Waals surface area contributed by atoms with Crippen LogP contribution in [0.1, 0.15) is 51.4 Å². The average Bonchev–Trinajstić information content (AvgIpc) is 3.10. The van der Waals surface area contributed by atoms with E-state index in [0.717, 1.165) is 58.3 Å². The minimum absolute atomic E-state index is 0. The van der Waals surface area contributed by atoms with Gasteiger partial charge in [0.05, 0.1) is 5.92 Å². The van der Waals surface area contributed by atoms with Crippen LogP contribution < -0.4 is 16.0 Å². The molecule has 3 amide bonds. The van der Waals surface area contributed by atoms with E-state index >= 15 is 0 Å². The normalized spacial score (nSPS) is 25.8. The van der Waals surface area contributed by atoms with Crippen molar-refractivity contribution in [3.63, 3.8) is 0 Å². The first kappa shape index (κ1) is 19.3. The highest BCUT2D eigenvalue weighted by Crippen LogP contribution is 2.18. The van der Waals surface area contributed by atoms with Crippen LogP contribution in [-0.4, -0.2) is 55.1 Å². The minimum Gasteiger partial charge on any atom is -0.342 e. The zero-order chi connectivity index (χ0) is 16.1. The van der Waals surface area contributed by atoms with Crippen LogP contribution in [0.2, 0.25) is 0 Å². The van der Waals surface area contributed by atoms with Crippen molar-refractivity contribution >= 4 is 24.3 Å². The summed E-state index contributed by atoms with van der Waals surface area (Å²) in [5, 5.41) is 9.45. The van der Waals surface area contributed by atoms with E-state index in [2.05, 4.69) is 16.0 Å². The Bertz CT molecular complexity index is 415. The number of urea groups is 1. The molecule has 0 bridgehead atoms. The molecule has 24 heavy (non-hydrogen) atoms. The van der Waals surface area contributed by atoms with Crippen LogP contribution in [0, 0.1) is 5.92 Å². The first-order chi connectivity index (χ1) is 11.2. The Kier molecular flexibility index (Phi) is 7.62. The Morgan fingerprint density at radius 3 is 2.08 bits per heavy atom. The summed E-state index contributed by atoms with van der Waals surface area (Å²) in [6.07, 6.45) is 8.64. The standard InChI is InChI=1S/C17H30N4O2.ClH/c22-16(13-6-9-18-12-13)21-10-7-15(8-11-21)20-17(23)19-14-4-2-1-3-5-14;/h13-15,18H,1-12H2,(H2,19,20,23);1H. The molecule has 2 aliphatic heterocycles. The van der Waals surface area contributed by atoms with Crippen molar-refractivity contribution in [1.82, 2.24) is 20.9 Å². The molecule has 0 radical (unpaired) electrons. The molecule has 1 atom stereocenters. The highest BCUT2D eigenvalue weighted by atomic mass is 35.5. The molecule has 2 heterocycles. The number of likely N-dealkylation sites (tertiary alicyclic amines) is 1. The number of carbonyl (C=O) groups excluding carboxylic acids is 2. The molecule has 2 saturated heterocycles. The fraction of sp³-hybridized carbons (Fsp3) is 0.882. The predicted octanol–water partition coefficient (Wildman–Crippen LogP) is 1.64. The van der Waals surface area contributed by atoms with Crippen molar-refractivity contribution in [2.45, 2.75) is 63.5 Å². The maximum Gasteiger partial charge on any atom is 0.315 e. The summed E-state index contributed by atoms with van der Waals surface area (Å²) >= 11 is 0. The molecule has 1 saturated carbocycles. The third-order valence-electron chi connectivity index (χ3n) is 5.49. The molecule has 3 rings (SSSR count). The summed E-state index contributed by atoms with van der Waals surface area (Å²) in [6.45, 7) is 3.31.